The quantitative estimate of drug-likeness (QED) is 0.591. The molecule has 0 bridgehead atoms. The first-order chi connectivity index (χ1) is 10.9. The molecule has 3 rings (SSSR count). The Labute approximate surface area is 145 Å². The van der Waals surface area contributed by atoms with Crippen LogP contribution in [0.3, 0.4) is 0 Å². The van der Waals surface area contributed by atoms with Crippen LogP contribution in [-0.4, -0.2) is 16.1 Å². The maximum Gasteiger partial charge on any atom is 0.307 e. The zero-order valence-electron chi connectivity index (χ0n) is 11.5. The van der Waals surface area contributed by atoms with E-state index in [-0.39, 0.29) is 32.4 Å². The lowest BCUT2D eigenvalue weighted by molar-refractivity contribution is -0.136. The van der Waals surface area contributed by atoms with Gasteiger partial charge in [-0.15, -0.1) is 0 Å². The fourth-order valence-corrected chi connectivity index (χ4v) is 3.14. The van der Waals surface area contributed by atoms with E-state index < -0.39 is 11.8 Å². The molecule has 0 spiro atoms. The summed E-state index contributed by atoms with van der Waals surface area (Å²) in [6, 6.07) is 6.15. The summed E-state index contributed by atoms with van der Waals surface area (Å²) < 4.78 is 15.0. The first kappa shape index (κ1) is 16.1. The van der Waals surface area contributed by atoms with Crippen LogP contribution in [0.1, 0.15) is 5.56 Å². The van der Waals surface area contributed by atoms with E-state index >= 15 is 0 Å². The van der Waals surface area contributed by atoms with Crippen LogP contribution in [0.25, 0.3) is 22.0 Å². The summed E-state index contributed by atoms with van der Waals surface area (Å²) in [6.07, 6.45) is 1.21. The topological polar surface area (TPSA) is 53.1 Å². The number of H-pyrrole nitrogens is 1. The van der Waals surface area contributed by atoms with E-state index in [9.17, 15) is 9.18 Å². The number of rotatable bonds is 3. The Morgan fingerprint density at radius 1 is 1.09 bits per heavy atom. The van der Waals surface area contributed by atoms with Crippen molar-refractivity contribution < 1.29 is 14.3 Å². The molecule has 0 fully saturated rings. The van der Waals surface area contributed by atoms with Crippen LogP contribution >= 0.6 is 34.8 Å². The monoisotopic (exact) mass is 371 g/mol. The highest BCUT2D eigenvalue weighted by Crippen LogP contribution is 2.38. The fourth-order valence-electron chi connectivity index (χ4n) is 2.49. The molecule has 2 N–H and O–H groups in total. The lowest BCUT2D eigenvalue weighted by Crippen LogP contribution is -2.00. The van der Waals surface area contributed by atoms with Gasteiger partial charge in [-0.25, -0.2) is 4.39 Å². The second kappa shape index (κ2) is 6.04. The highest BCUT2D eigenvalue weighted by atomic mass is 35.5. The highest BCUT2D eigenvalue weighted by Gasteiger charge is 2.18. The third-order valence-electron chi connectivity index (χ3n) is 3.51. The van der Waals surface area contributed by atoms with Gasteiger partial charge in [0, 0.05) is 28.2 Å². The molecule has 23 heavy (non-hydrogen) atoms. The summed E-state index contributed by atoms with van der Waals surface area (Å²) in [5.41, 5.74) is 1.50. The number of hydrogen-bond donors (Lipinski definition) is 2. The molecule has 3 nitrogen and oxygen atoms in total. The van der Waals surface area contributed by atoms with Crippen molar-refractivity contribution in [2.24, 2.45) is 0 Å². The largest absolute Gasteiger partial charge is 0.481 e. The highest BCUT2D eigenvalue weighted by molar-refractivity contribution is 6.44. The van der Waals surface area contributed by atoms with Gasteiger partial charge in [0.15, 0.2) is 0 Å². The number of carboxylic acid groups (broad SMARTS) is 1. The molecule has 0 amide bonds. The van der Waals surface area contributed by atoms with E-state index in [4.69, 9.17) is 39.9 Å². The van der Waals surface area contributed by atoms with Crippen molar-refractivity contribution in [2.45, 2.75) is 6.42 Å². The second-order valence-corrected chi connectivity index (χ2v) is 6.20. The van der Waals surface area contributed by atoms with Crippen LogP contribution < -0.4 is 0 Å². The number of aromatic amines is 1. The Morgan fingerprint density at radius 3 is 2.48 bits per heavy atom. The summed E-state index contributed by atoms with van der Waals surface area (Å²) >= 11 is 18.0. The molecule has 1 aromatic heterocycles. The van der Waals surface area contributed by atoms with E-state index in [1.54, 1.807) is 12.1 Å². The molecular weight excluding hydrogens is 364 g/mol. The second-order valence-electron chi connectivity index (χ2n) is 4.98. The Hall–Kier alpha value is -1.75. The van der Waals surface area contributed by atoms with Crippen molar-refractivity contribution in [3.05, 3.63) is 56.9 Å². The van der Waals surface area contributed by atoms with Gasteiger partial charge in [0.05, 0.1) is 21.5 Å². The Balaban J connectivity index is 2.25. The zero-order valence-corrected chi connectivity index (χ0v) is 13.7. The van der Waals surface area contributed by atoms with E-state index in [0.717, 1.165) is 0 Å². The molecule has 3 aromatic rings. The van der Waals surface area contributed by atoms with E-state index in [1.165, 1.54) is 18.3 Å². The normalized spacial score (nSPS) is 11.1. The average molecular weight is 373 g/mol. The number of halogens is 4. The van der Waals surface area contributed by atoms with Gasteiger partial charge in [-0.05, 0) is 29.8 Å². The molecule has 1 heterocycles. The van der Waals surface area contributed by atoms with Crippen molar-refractivity contribution in [3.8, 4) is 11.1 Å². The zero-order chi connectivity index (χ0) is 16.7. The minimum atomic E-state index is -1.04. The SMILES string of the molecule is O=C(O)Cc1c[nH]c2ccc(-c3cc(Cl)c(Cl)cc3Cl)c(F)c12. The van der Waals surface area contributed by atoms with E-state index in [2.05, 4.69) is 4.98 Å². The minimum Gasteiger partial charge on any atom is -0.481 e. The predicted molar refractivity (Wildman–Crippen MR) is 90.1 cm³/mol. The summed E-state index contributed by atoms with van der Waals surface area (Å²) in [5.74, 6) is -1.59. The molecule has 118 valence electrons. The maximum atomic E-state index is 15.0. The van der Waals surface area contributed by atoms with Gasteiger partial charge in [0.25, 0.3) is 0 Å². The first-order valence-corrected chi connectivity index (χ1v) is 7.67. The van der Waals surface area contributed by atoms with Gasteiger partial charge in [-0.1, -0.05) is 34.8 Å². The molecule has 0 atom stereocenters. The molecule has 0 aliphatic carbocycles. The summed E-state index contributed by atoms with van der Waals surface area (Å²) in [7, 11) is 0. The predicted octanol–water partition coefficient (Wildman–Crippen LogP) is 5.56. The van der Waals surface area contributed by atoms with Gasteiger partial charge in [-0.2, -0.15) is 0 Å². The molecule has 7 heteroatoms. The van der Waals surface area contributed by atoms with Crippen LogP contribution in [-0.2, 0) is 11.2 Å². The number of carboxylic acids is 1. The maximum absolute atomic E-state index is 15.0. The lowest BCUT2D eigenvalue weighted by Gasteiger charge is -2.09. The molecule has 0 aliphatic heterocycles. The number of carbonyl (C=O) groups is 1. The lowest BCUT2D eigenvalue weighted by atomic mass is 10.0. The third kappa shape index (κ3) is 2.90. The molecule has 2 aromatic carbocycles. The molecule has 0 radical (unpaired) electrons. The molecule has 0 saturated heterocycles. The van der Waals surface area contributed by atoms with Crippen molar-refractivity contribution in [1.82, 2.24) is 4.98 Å². The molecule has 0 saturated carbocycles. The van der Waals surface area contributed by atoms with Gasteiger partial charge in [0.1, 0.15) is 5.82 Å². The number of aromatic nitrogens is 1. The number of benzene rings is 2. The van der Waals surface area contributed by atoms with Crippen molar-refractivity contribution in [1.29, 1.82) is 0 Å². The van der Waals surface area contributed by atoms with Gasteiger partial charge >= 0.3 is 5.97 Å². The van der Waals surface area contributed by atoms with Gasteiger partial charge < -0.3 is 10.1 Å². The van der Waals surface area contributed by atoms with Crippen LogP contribution in [0.2, 0.25) is 15.1 Å². The molecule has 0 aliphatic rings. The van der Waals surface area contributed by atoms with E-state index in [1.807, 2.05) is 0 Å². The number of nitrogens with one attached hydrogen (secondary N) is 1. The summed E-state index contributed by atoms with van der Waals surface area (Å²) in [5, 5.41) is 9.96. The Kier molecular flexibility index (Phi) is 4.23. The standard InChI is InChI=1S/C16H9Cl3FNO2/c17-10-5-12(19)11(18)4-9(10)8-1-2-13-15(16(8)20)7(6-21-13)3-14(22)23/h1-2,4-6,21H,3H2,(H,22,23). The third-order valence-corrected chi connectivity index (χ3v) is 4.54. The Morgan fingerprint density at radius 2 is 1.78 bits per heavy atom. The minimum absolute atomic E-state index is 0.229. The van der Waals surface area contributed by atoms with Crippen LogP contribution in [0, 0.1) is 5.82 Å². The fraction of sp³-hybridized carbons (Fsp3) is 0.0625. The van der Waals surface area contributed by atoms with Crippen LogP contribution in [0.4, 0.5) is 4.39 Å². The number of aliphatic carboxylic acids is 1. The smallest absolute Gasteiger partial charge is 0.307 e. The average Bonchev–Trinajstić information content (AvgIpc) is 2.87. The summed E-state index contributed by atoms with van der Waals surface area (Å²) in [6.45, 7) is 0. The van der Waals surface area contributed by atoms with Gasteiger partial charge in [-0.3, -0.25) is 4.79 Å². The van der Waals surface area contributed by atoms with E-state index in [0.29, 0.717) is 16.6 Å². The van der Waals surface area contributed by atoms with Crippen LogP contribution in [0.5, 0.6) is 0 Å². The van der Waals surface area contributed by atoms with Crippen molar-refractivity contribution >= 4 is 51.7 Å². The molecular formula is C16H9Cl3FNO2. The Bertz CT molecular complexity index is 937. The van der Waals surface area contributed by atoms with Crippen molar-refractivity contribution in [3.63, 3.8) is 0 Å². The summed E-state index contributed by atoms with van der Waals surface area (Å²) in [4.78, 5) is 13.8. The first-order valence-electron chi connectivity index (χ1n) is 6.53. The molecule has 0 unspecified atom stereocenters. The van der Waals surface area contributed by atoms with Crippen molar-refractivity contribution in [2.75, 3.05) is 0 Å². The number of fused-ring (bicyclic) bond motifs is 1. The van der Waals surface area contributed by atoms with Crippen LogP contribution in [0.15, 0.2) is 30.5 Å². The van der Waals surface area contributed by atoms with Gasteiger partial charge in [0.2, 0.25) is 0 Å². The number of hydrogen-bond acceptors (Lipinski definition) is 1.